The molecule has 0 spiro atoms. The van der Waals surface area contributed by atoms with Crippen molar-refractivity contribution in [3.63, 3.8) is 0 Å². The first-order valence-corrected chi connectivity index (χ1v) is 13.2. The van der Waals surface area contributed by atoms with Gasteiger partial charge in [0, 0.05) is 0 Å². The molecule has 0 amide bonds. The van der Waals surface area contributed by atoms with Gasteiger partial charge in [-0.1, -0.05) is 150 Å². The molecule has 0 saturated heterocycles. The van der Waals surface area contributed by atoms with Crippen molar-refractivity contribution in [2.45, 2.75) is 169 Å². The minimum Gasteiger partial charge on any atom is -0.0654 e. The van der Waals surface area contributed by atoms with Crippen LogP contribution in [0.3, 0.4) is 0 Å². The topological polar surface area (TPSA) is 0 Å². The maximum atomic E-state index is 2.45. The lowest BCUT2D eigenvalue weighted by atomic mass is 9.72. The second kappa shape index (κ2) is 20.7. The summed E-state index contributed by atoms with van der Waals surface area (Å²) in [5.41, 5.74) is 0.684. The Balaban J connectivity index is 3.58. The van der Waals surface area contributed by atoms with Crippen LogP contribution in [0.4, 0.5) is 0 Å². The van der Waals surface area contributed by atoms with Crippen molar-refractivity contribution in [1.29, 1.82) is 0 Å². The van der Waals surface area contributed by atoms with Gasteiger partial charge in [0.25, 0.3) is 0 Å². The van der Waals surface area contributed by atoms with E-state index in [0.717, 1.165) is 0 Å². The summed E-state index contributed by atoms with van der Waals surface area (Å²) in [6, 6.07) is 0. The molecule has 0 atom stereocenters. The van der Waals surface area contributed by atoms with Crippen molar-refractivity contribution >= 4 is 0 Å². The Labute approximate surface area is 174 Å². The fraction of sp³-hybridized carbons (Fsp3) is 1.00. The molecule has 0 heteroatoms. The second-order valence-electron chi connectivity index (χ2n) is 9.41. The minimum atomic E-state index is 0.684. The lowest BCUT2D eigenvalue weighted by Crippen LogP contribution is -2.20. The summed E-state index contributed by atoms with van der Waals surface area (Å²) in [6.07, 6.45) is 32.1. The highest BCUT2D eigenvalue weighted by Gasteiger charge is 2.25. The van der Waals surface area contributed by atoms with Gasteiger partial charge in [-0.25, -0.2) is 0 Å². The fourth-order valence-electron chi connectivity index (χ4n) is 4.70. The summed E-state index contributed by atoms with van der Waals surface area (Å²) in [5, 5.41) is 0. The van der Waals surface area contributed by atoms with Crippen LogP contribution < -0.4 is 0 Å². The van der Waals surface area contributed by atoms with Gasteiger partial charge in [-0.3, -0.25) is 0 Å². The van der Waals surface area contributed by atoms with Gasteiger partial charge in [-0.15, -0.1) is 0 Å². The number of unbranched alkanes of at least 4 members (excludes halogenated alkanes) is 15. The second-order valence-corrected chi connectivity index (χ2v) is 9.41. The van der Waals surface area contributed by atoms with E-state index in [1.54, 1.807) is 0 Å². The molecule has 0 fully saturated rings. The minimum absolute atomic E-state index is 0.684. The van der Waals surface area contributed by atoms with Crippen LogP contribution in [-0.2, 0) is 0 Å². The van der Waals surface area contributed by atoms with E-state index >= 15 is 0 Å². The van der Waals surface area contributed by atoms with E-state index in [4.69, 9.17) is 0 Å². The van der Waals surface area contributed by atoms with Gasteiger partial charge < -0.3 is 0 Å². The van der Waals surface area contributed by atoms with Crippen molar-refractivity contribution in [3.05, 3.63) is 0 Å². The van der Waals surface area contributed by atoms with Gasteiger partial charge in [0.05, 0.1) is 0 Å². The molecule has 0 aliphatic carbocycles. The standard InChI is InChI=1S/C27H56/c1-5-9-12-13-14-15-16-17-18-19-20-21-22-23-26-27(8-4,24-10-6-2)25-11-7-3/h5-26H2,1-4H3. The molecule has 0 bridgehead atoms. The molecule has 0 aromatic carbocycles. The van der Waals surface area contributed by atoms with E-state index in [1.165, 1.54) is 141 Å². The van der Waals surface area contributed by atoms with Crippen LogP contribution in [0, 0.1) is 5.41 Å². The fourth-order valence-corrected chi connectivity index (χ4v) is 4.70. The Morgan fingerprint density at radius 2 is 0.630 bits per heavy atom. The highest BCUT2D eigenvalue weighted by atomic mass is 14.3. The van der Waals surface area contributed by atoms with E-state index in [1.807, 2.05) is 0 Å². The van der Waals surface area contributed by atoms with Crippen LogP contribution in [0.25, 0.3) is 0 Å². The molecule has 0 aliphatic rings. The third-order valence-corrected chi connectivity index (χ3v) is 6.93. The Bertz CT molecular complexity index is 259. The number of rotatable bonds is 22. The first-order valence-electron chi connectivity index (χ1n) is 13.2. The Kier molecular flexibility index (Phi) is 20.7. The van der Waals surface area contributed by atoms with Crippen LogP contribution in [0.1, 0.15) is 169 Å². The van der Waals surface area contributed by atoms with Gasteiger partial charge in [0.15, 0.2) is 0 Å². The van der Waals surface area contributed by atoms with Crippen molar-refractivity contribution in [1.82, 2.24) is 0 Å². The largest absolute Gasteiger partial charge is 0.0654 e. The summed E-state index contributed by atoms with van der Waals surface area (Å²) in [7, 11) is 0. The summed E-state index contributed by atoms with van der Waals surface area (Å²) in [5.74, 6) is 0. The zero-order valence-corrected chi connectivity index (χ0v) is 20.1. The smallest absolute Gasteiger partial charge is 0.0300 e. The van der Waals surface area contributed by atoms with Crippen LogP contribution in [0.15, 0.2) is 0 Å². The zero-order chi connectivity index (χ0) is 20.1. The summed E-state index contributed by atoms with van der Waals surface area (Å²) >= 11 is 0. The number of hydrogen-bond donors (Lipinski definition) is 0. The van der Waals surface area contributed by atoms with Crippen LogP contribution in [0.5, 0.6) is 0 Å². The van der Waals surface area contributed by atoms with E-state index < -0.39 is 0 Å². The highest BCUT2D eigenvalue weighted by Crippen LogP contribution is 2.39. The van der Waals surface area contributed by atoms with Gasteiger partial charge in [0.2, 0.25) is 0 Å². The summed E-state index contributed by atoms with van der Waals surface area (Å²) in [4.78, 5) is 0. The Morgan fingerprint density at radius 3 is 0.963 bits per heavy atom. The van der Waals surface area contributed by atoms with Crippen molar-refractivity contribution in [3.8, 4) is 0 Å². The van der Waals surface area contributed by atoms with Gasteiger partial charge in [-0.2, -0.15) is 0 Å². The van der Waals surface area contributed by atoms with E-state index in [2.05, 4.69) is 27.7 Å². The van der Waals surface area contributed by atoms with Crippen molar-refractivity contribution < 1.29 is 0 Å². The quantitative estimate of drug-likeness (QED) is 0.164. The normalized spacial score (nSPS) is 12.0. The maximum absolute atomic E-state index is 2.45. The van der Waals surface area contributed by atoms with Crippen molar-refractivity contribution in [2.75, 3.05) is 0 Å². The van der Waals surface area contributed by atoms with E-state index in [-0.39, 0.29) is 0 Å². The van der Waals surface area contributed by atoms with E-state index in [0.29, 0.717) is 5.41 Å². The van der Waals surface area contributed by atoms with Crippen LogP contribution in [-0.4, -0.2) is 0 Å². The molecule has 0 rings (SSSR count). The third kappa shape index (κ3) is 16.6. The van der Waals surface area contributed by atoms with Gasteiger partial charge in [-0.05, 0) is 24.7 Å². The third-order valence-electron chi connectivity index (χ3n) is 6.93. The lowest BCUT2D eigenvalue weighted by Gasteiger charge is -2.33. The average molecular weight is 381 g/mol. The lowest BCUT2D eigenvalue weighted by molar-refractivity contribution is 0.189. The van der Waals surface area contributed by atoms with Gasteiger partial charge >= 0.3 is 0 Å². The zero-order valence-electron chi connectivity index (χ0n) is 20.1. The molecule has 164 valence electrons. The molecule has 0 N–H and O–H groups in total. The predicted octanol–water partition coefficient (Wildman–Crippen LogP) is 10.6. The number of hydrogen-bond acceptors (Lipinski definition) is 0. The first kappa shape index (κ1) is 27.0. The van der Waals surface area contributed by atoms with Gasteiger partial charge in [0.1, 0.15) is 0 Å². The molecular formula is C27H56. The molecule has 0 heterocycles. The molecule has 0 unspecified atom stereocenters. The average Bonchev–Trinajstić information content (AvgIpc) is 2.70. The highest BCUT2D eigenvalue weighted by molar-refractivity contribution is 4.78. The summed E-state index contributed by atoms with van der Waals surface area (Å²) < 4.78 is 0. The molecule has 0 radical (unpaired) electrons. The molecular weight excluding hydrogens is 324 g/mol. The van der Waals surface area contributed by atoms with Crippen molar-refractivity contribution in [2.24, 2.45) is 5.41 Å². The Hall–Kier alpha value is 0. The molecule has 27 heavy (non-hydrogen) atoms. The molecule has 0 saturated carbocycles. The predicted molar refractivity (Wildman–Crippen MR) is 127 cm³/mol. The monoisotopic (exact) mass is 380 g/mol. The van der Waals surface area contributed by atoms with E-state index in [9.17, 15) is 0 Å². The molecule has 0 aromatic heterocycles. The van der Waals surface area contributed by atoms with Crippen LogP contribution in [0.2, 0.25) is 0 Å². The SMILES string of the molecule is CCCCCCCCCCCCCCCCC(CC)(CCCC)CCCC. The Morgan fingerprint density at radius 1 is 0.333 bits per heavy atom. The molecule has 0 aliphatic heterocycles. The van der Waals surface area contributed by atoms with Crippen LogP contribution >= 0.6 is 0 Å². The first-order chi connectivity index (χ1) is 13.2. The maximum Gasteiger partial charge on any atom is -0.0300 e. The molecule has 0 aromatic rings. The molecule has 0 nitrogen and oxygen atoms in total. The summed E-state index contributed by atoms with van der Waals surface area (Å²) in [6.45, 7) is 9.47.